The van der Waals surface area contributed by atoms with Crippen molar-refractivity contribution in [2.45, 2.75) is 46.2 Å². The van der Waals surface area contributed by atoms with Crippen molar-refractivity contribution in [3.63, 3.8) is 0 Å². The molecule has 1 aliphatic rings. The van der Waals surface area contributed by atoms with Crippen molar-refractivity contribution in [1.82, 2.24) is 15.3 Å². The van der Waals surface area contributed by atoms with Crippen LogP contribution in [-0.4, -0.2) is 16.0 Å². The lowest BCUT2D eigenvalue weighted by molar-refractivity contribution is 0.436. The number of nitrogens with one attached hydrogen (secondary N) is 1. The van der Waals surface area contributed by atoms with Crippen LogP contribution in [0.3, 0.4) is 0 Å². The Bertz CT molecular complexity index is 633. The predicted molar refractivity (Wildman–Crippen MR) is 82.6 cm³/mol. The van der Waals surface area contributed by atoms with Gasteiger partial charge in [0.1, 0.15) is 5.75 Å². The van der Waals surface area contributed by atoms with E-state index in [0.717, 1.165) is 23.4 Å². The Morgan fingerprint density at radius 3 is 2.52 bits per heavy atom. The smallest absolute Gasteiger partial charge is 0.321 e. The number of aromatic nitrogens is 2. The van der Waals surface area contributed by atoms with E-state index in [4.69, 9.17) is 4.74 Å². The highest BCUT2D eigenvalue weighted by atomic mass is 16.5. The molecule has 0 amide bonds. The van der Waals surface area contributed by atoms with Gasteiger partial charge in [0, 0.05) is 30.5 Å². The molecule has 1 aromatic heterocycles. The van der Waals surface area contributed by atoms with Crippen molar-refractivity contribution < 1.29 is 4.74 Å². The van der Waals surface area contributed by atoms with Crippen molar-refractivity contribution in [3.05, 3.63) is 46.8 Å². The van der Waals surface area contributed by atoms with Crippen LogP contribution in [0.1, 0.15) is 35.1 Å². The zero-order valence-electron chi connectivity index (χ0n) is 12.8. The van der Waals surface area contributed by atoms with E-state index in [9.17, 15) is 0 Å². The minimum atomic E-state index is 0.401. The summed E-state index contributed by atoms with van der Waals surface area (Å²) in [6.45, 7) is 7.03. The molecule has 0 aliphatic heterocycles. The van der Waals surface area contributed by atoms with Crippen LogP contribution >= 0.6 is 0 Å². The molecule has 1 aromatic carbocycles. The van der Waals surface area contributed by atoms with E-state index >= 15 is 0 Å². The van der Waals surface area contributed by atoms with Crippen LogP contribution in [0, 0.1) is 20.8 Å². The van der Waals surface area contributed by atoms with E-state index in [1.807, 2.05) is 18.5 Å². The summed E-state index contributed by atoms with van der Waals surface area (Å²) in [7, 11) is 0. The van der Waals surface area contributed by atoms with Gasteiger partial charge in [0.2, 0.25) is 0 Å². The fourth-order valence-corrected chi connectivity index (χ4v) is 2.24. The first kappa shape index (κ1) is 14.0. The molecule has 0 atom stereocenters. The highest BCUT2D eigenvalue weighted by molar-refractivity contribution is 5.43. The normalized spacial score (nSPS) is 14.2. The largest absolute Gasteiger partial charge is 0.424 e. The second kappa shape index (κ2) is 5.82. The SMILES string of the molecule is Cc1cc(C)c(C)c(Oc2ncc(CNC3CC3)cn2)c1. The van der Waals surface area contributed by atoms with Crippen molar-refractivity contribution in [2.24, 2.45) is 0 Å². The average molecular weight is 283 g/mol. The maximum Gasteiger partial charge on any atom is 0.321 e. The molecule has 3 rings (SSSR count). The molecule has 0 unspecified atom stereocenters. The molecule has 1 heterocycles. The highest BCUT2D eigenvalue weighted by Crippen LogP contribution is 2.26. The van der Waals surface area contributed by atoms with E-state index in [-0.39, 0.29) is 0 Å². The van der Waals surface area contributed by atoms with Gasteiger partial charge >= 0.3 is 6.01 Å². The zero-order chi connectivity index (χ0) is 14.8. The molecule has 0 saturated heterocycles. The van der Waals surface area contributed by atoms with Crippen molar-refractivity contribution >= 4 is 0 Å². The van der Waals surface area contributed by atoms with Gasteiger partial charge in [-0.2, -0.15) is 0 Å². The summed E-state index contributed by atoms with van der Waals surface area (Å²) in [5.74, 6) is 0.830. The maximum absolute atomic E-state index is 5.82. The second-order valence-electron chi connectivity index (χ2n) is 5.84. The third-order valence-electron chi connectivity index (χ3n) is 3.82. The summed E-state index contributed by atoms with van der Waals surface area (Å²) in [6.07, 6.45) is 6.23. The number of nitrogens with zero attached hydrogens (tertiary/aromatic N) is 2. The molecule has 21 heavy (non-hydrogen) atoms. The molecular weight excluding hydrogens is 262 g/mol. The molecule has 1 saturated carbocycles. The van der Waals surface area contributed by atoms with Crippen LogP contribution in [0.15, 0.2) is 24.5 Å². The lowest BCUT2D eigenvalue weighted by atomic mass is 10.1. The Morgan fingerprint density at radius 1 is 1.14 bits per heavy atom. The van der Waals surface area contributed by atoms with Crippen LogP contribution in [0.2, 0.25) is 0 Å². The quantitative estimate of drug-likeness (QED) is 0.913. The van der Waals surface area contributed by atoms with Crippen LogP contribution < -0.4 is 10.1 Å². The Kier molecular flexibility index (Phi) is 3.88. The van der Waals surface area contributed by atoms with E-state index < -0.39 is 0 Å². The molecule has 1 fully saturated rings. The van der Waals surface area contributed by atoms with Gasteiger partial charge in [-0.15, -0.1) is 0 Å². The van der Waals surface area contributed by atoms with Crippen molar-refractivity contribution in [2.75, 3.05) is 0 Å². The van der Waals surface area contributed by atoms with Crippen LogP contribution in [0.25, 0.3) is 0 Å². The number of ether oxygens (including phenoxy) is 1. The molecule has 0 spiro atoms. The first-order valence-electron chi connectivity index (χ1n) is 7.42. The van der Waals surface area contributed by atoms with Gasteiger partial charge in [0.05, 0.1) is 0 Å². The number of benzene rings is 1. The Hall–Kier alpha value is -1.94. The summed E-state index contributed by atoms with van der Waals surface area (Å²) >= 11 is 0. The molecular formula is C17H21N3O. The molecule has 2 aromatic rings. The topological polar surface area (TPSA) is 47.0 Å². The molecule has 1 aliphatic carbocycles. The first-order valence-corrected chi connectivity index (χ1v) is 7.42. The molecule has 110 valence electrons. The Morgan fingerprint density at radius 2 is 1.86 bits per heavy atom. The van der Waals surface area contributed by atoms with Gasteiger partial charge in [-0.3, -0.25) is 0 Å². The summed E-state index contributed by atoms with van der Waals surface area (Å²) < 4.78 is 5.82. The highest BCUT2D eigenvalue weighted by Gasteiger charge is 2.20. The van der Waals surface area contributed by atoms with E-state index in [1.165, 1.54) is 24.0 Å². The van der Waals surface area contributed by atoms with Crippen LogP contribution in [0.4, 0.5) is 0 Å². The standard InChI is InChI=1S/C17H21N3O/c1-11-6-12(2)13(3)16(7-11)21-17-19-9-14(10-20-17)8-18-15-4-5-15/h6-7,9-10,15,18H,4-5,8H2,1-3H3. The molecule has 4 heteroatoms. The van der Waals surface area contributed by atoms with Crippen LogP contribution in [0.5, 0.6) is 11.8 Å². The maximum atomic E-state index is 5.82. The number of rotatable bonds is 5. The second-order valence-corrected chi connectivity index (χ2v) is 5.84. The fraction of sp³-hybridized carbons (Fsp3) is 0.412. The predicted octanol–water partition coefficient (Wildman–Crippen LogP) is 3.45. The van der Waals surface area contributed by atoms with Gasteiger partial charge in [-0.25, -0.2) is 9.97 Å². The summed E-state index contributed by atoms with van der Waals surface area (Å²) in [5, 5.41) is 3.45. The number of aryl methyl sites for hydroxylation is 2. The van der Waals surface area contributed by atoms with Gasteiger partial charge in [0.25, 0.3) is 0 Å². The molecule has 0 bridgehead atoms. The zero-order valence-corrected chi connectivity index (χ0v) is 12.8. The third-order valence-corrected chi connectivity index (χ3v) is 3.82. The lowest BCUT2D eigenvalue weighted by Gasteiger charge is -2.11. The monoisotopic (exact) mass is 283 g/mol. The van der Waals surface area contributed by atoms with Gasteiger partial charge in [0.15, 0.2) is 0 Å². The average Bonchev–Trinajstić information content (AvgIpc) is 3.28. The van der Waals surface area contributed by atoms with Crippen LogP contribution in [-0.2, 0) is 6.54 Å². The van der Waals surface area contributed by atoms with Gasteiger partial charge < -0.3 is 10.1 Å². The Labute approximate surface area is 125 Å². The van der Waals surface area contributed by atoms with Gasteiger partial charge in [-0.1, -0.05) is 6.07 Å². The van der Waals surface area contributed by atoms with Gasteiger partial charge in [-0.05, 0) is 56.4 Å². The van der Waals surface area contributed by atoms with E-state index in [1.54, 1.807) is 0 Å². The first-order chi connectivity index (χ1) is 10.1. The molecule has 0 radical (unpaired) electrons. The number of hydrogen-bond donors (Lipinski definition) is 1. The minimum absolute atomic E-state index is 0.401. The lowest BCUT2D eigenvalue weighted by Crippen LogP contribution is -2.15. The molecule has 1 N–H and O–H groups in total. The van der Waals surface area contributed by atoms with E-state index in [0.29, 0.717) is 12.1 Å². The summed E-state index contributed by atoms with van der Waals surface area (Å²) in [5.41, 5.74) is 4.61. The van der Waals surface area contributed by atoms with Crippen molar-refractivity contribution in [1.29, 1.82) is 0 Å². The summed E-state index contributed by atoms with van der Waals surface area (Å²) in [4.78, 5) is 8.60. The Balaban J connectivity index is 1.69. The summed E-state index contributed by atoms with van der Waals surface area (Å²) in [6, 6.07) is 5.27. The third kappa shape index (κ3) is 3.58. The molecule has 4 nitrogen and oxygen atoms in total. The van der Waals surface area contributed by atoms with E-state index in [2.05, 4.69) is 42.1 Å². The minimum Gasteiger partial charge on any atom is -0.424 e. The van der Waals surface area contributed by atoms with Crippen molar-refractivity contribution in [3.8, 4) is 11.8 Å². The fourth-order valence-electron chi connectivity index (χ4n) is 2.24. The number of hydrogen-bond acceptors (Lipinski definition) is 4.